The highest BCUT2D eigenvalue weighted by molar-refractivity contribution is 9.10. The van der Waals surface area contributed by atoms with Crippen molar-refractivity contribution in [2.75, 3.05) is 56.7 Å². The molecule has 1 saturated carbocycles. The molecule has 2 N–H and O–H groups in total. The predicted octanol–water partition coefficient (Wildman–Crippen LogP) is 4.73. The molecule has 1 aliphatic carbocycles. The highest BCUT2D eigenvalue weighted by Crippen LogP contribution is 2.46. The van der Waals surface area contributed by atoms with Crippen LogP contribution >= 0.6 is 15.9 Å². The number of β-amino-alcohol motifs (C(OH)–C–C–N with tert-alkyl or cyclic N) is 1. The van der Waals surface area contributed by atoms with Crippen LogP contribution in [-0.2, 0) is 13.0 Å². The second-order valence-electron chi connectivity index (χ2n) is 12.3. The molecule has 9 heteroatoms. The van der Waals surface area contributed by atoms with Crippen molar-refractivity contribution in [2.24, 2.45) is 5.41 Å². The van der Waals surface area contributed by atoms with Gasteiger partial charge in [0.2, 0.25) is 0 Å². The maximum atomic E-state index is 10.9. The Morgan fingerprint density at radius 3 is 2.67 bits per heavy atom. The maximum absolute atomic E-state index is 10.9. The summed E-state index contributed by atoms with van der Waals surface area (Å²) in [5.74, 6) is 1.15. The lowest BCUT2D eigenvalue weighted by Gasteiger charge is -2.40. The normalized spacial score (nSPS) is 22.3. The summed E-state index contributed by atoms with van der Waals surface area (Å²) < 4.78 is 7.33. The van der Waals surface area contributed by atoms with Crippen molar-refractivity contribution in [3.8, 4) is 11.8 Å². The molecule has 2 fully saturated rings. The van der Waals surface area contributed by atoms with Gasteiger partial charge in [-0.25, -0.2) is 0 Å². The van der Waals surface area contributed by atoms with Crippen molar-refractivity contribution in [1.29, 1.82) is 0 Å². The van der Waals surface area contributed by atoms with Crippen molar-refractivity contribution in [3.05, 3.63) is 46.1 Å². The Balaban J connectivity index is 1.36. The molecule has 208 valence electrons. The number of aromatic nitrogens is 2. The number of ether oxygens (including phenoxy) is 1. The Kier molecular flexibility index (Phi) is 6.88. The minimum atomic E-state index is -0.742. The number of aliphatic hydroxyl groups is 1. The van der Waals surface area contributed by atoms with Crippen LogP contribution in [0.4, 0.5) is 11.5 Å². The van der Waals surface area contributed by atoms with E-state index < -0.39 is 5.60 Å². The van der Waals surface area contributed by atoms with Gasteiger partial charge in [-0.2, -0.15) is 9.97 Å². The molecule has 2 aromatic carbocycles. The third-order valence-corrected chi connectivity index (χ3v) is 9.00. The summed E-state index contributed by atoms with van der Waals surface area (Å²) in [7, 11) is 4.21. The summed E-state index contributed by atoms with van der Waals surface area (Å²) >= 11 is 3.73. The molecule has 0 unspecified atom stereocenters. The van der Waals surface area contributed by atoms with Gasteiger partial charge in [0, 0.05) is 58.8 Å². The molecule has 0 bridgehead atoms. The van der Waals surface area contributed by atoms with E-state index in [1.807, 2.05) is 31.2 Å². The summed E-state index contributed by atoms with van der Waals surface area (Å²) in [6.07, 6.45) is 4.80. The van der Waals surface area contributed by atoms with E-state index in [-0.39, 0.29) is 11.2 Å². The summed E-state index contributed by atoms with van der Waals surface area (Å²) in [6.45, 7) is 6.29. The lowest BCUT2D eigenvalue weighted by Crippen LogP contribution is -2.47. The number of halogens is 1. The summed E-state index contributed by atoms with van der Waals surface area (Å²) in [6, 6.07) is 10.1. The number of benzene rings is 2. The second-order valence-corrected chi connectivity index (χ2v) is 13.1. The van der Waals surface area contributed by atoms with Crippen LogP contribution in [0.25, 0.3) is 10.8 Å². The number of hydrogen-bond donors (Lipinski definition) is 2. The molecular formula is C30H38BrN5O3. The van der Waals surface area contributed by atoms with Gasteiger partial charge in [-0.1, -0.05) is 28.1 Å². The number of piperidine rings is 1. The Hall–Kier alpha value is -2.62. The Labute approximate surface area is 238 Å². The zero-order valence-electron chi connectivity index (χ0n) is 23.1. The highest BCUT2D eigenvalue weighted by atomic mass is 79.9. The number of phenolic OH excluding ortho intramolecular Hbond substituents is 1. The summed E-state index contributed by atoms with van der Waals surface area (Å²) in [5.41, 5.74) is 2.50. The highest BCUT2D eigenvalue weighted by Gasteiger charge is 2.44. The first-order valence-corrected chi connectivity index (χ1v) is 14.7. The van der Waals surface area contributed by atoms with Crippen LogP contribution in [0.1, 0.15) is 43.9 Å². The van der Waals surface area contributed by atoms with Gasteiger partial charge in [-0.05, 0) is 70.6 Å². The Morgan fingerprint density at radius 2 is 1.92 bits per heavy atom. The Morgan fingerprint density at radius 1 is 1.10 bits per heavy atom. The topological polar surface area (TPSA) is 85.2 Å². The molecule has 1 atom stereocenters. The van der Waals surface area contributed by atoms with Crippen LogP contribution in [0, 0.1) is 5.41 Å². The zero-order valence-corrected chi connectivity index (χ0v) is 24.7. The number of hydrogen-bond acceptors (Lipinski definition) is 8. The first kappa shape index (κ1) is 26.6. The number of fused-ring (bicyclic) bond motifs is 2. The van der Waals surface area contributed by atoms with E-state index in [4.69, 9.17) is 14.7 Å². The van der Waals surface area contributed by atoms with Gasteiger partial charge in [0.25, 0.3) is 0 Å². The van der Waals surface area contributed by atoms with Gasteiger partial charge < -0.3 is 29.6 Å². The van der Waals surface area contributed by atoms with Gasteiger partial charge >= 0.3 is 6.01 Å². The first-order chi connectivity index (χ1) is 18.6. The second kappa shape index (κ2) is 10.1. The van der Waals surface area contributed by atoms with Crippen molar-refractivity contribution < 1.29 is 14.9 Å². The van der Waals surface area contributed by atoms with Crippen molar-refractivity contribution in [3.63, 3.8) is 0 Å². The van der Waals surface area contributed by atoms with Crippen LogP contribution in [0.15, 0.2) is 34.8 Å². The van der Waals surface area contributed by atoms with E-state index in [1.54, 1.807) is 6.07 Å². The fraction of sp³-hybridized carbons (Fsp3) is 0.533. The lowest BCUT2D eigenvalue weighted by molar-refractivity contribution is 0.0445. The van der Waals surface area contributed by atoms with Gasteiger partial charge in [-0.3, -0.25) is 0 Å². The van der Waals surface area contributed by atoms with Crippen LogP contribution in [0.2, 0.25) is 0 Å². The molecule has 2 aliphatic heterocycles. The van der Waals surface area contributed by atoms with E-state index in [0.29, 0.717) is 25.7 Å². The molecule has 0 amide bonds. The Bertz CT molecular complexity index is 1390. The standard InChI is InChI=1S/C30H38BrN5O3/c1-29(38)9-5-12-36(17-29)27-22-8-13-35(25-15-21(37)14-20-6-4-7-23(31)26(20)25)16-24(22)32-28(33-27)39-19-30(10-11-30)18-34(2)3/h4,6-7,14-15,37-38H,5,8-13,16-19H2,1-3H3/t29-/m1/s1. The zero-order chi connectivity index (χ0) is 27.4. The minimum absolute atomic E-state index is 0.177. The molecule has 6 rings (SSSR count). The van der Waals surface area contributed by atoms with Gasteiger partial charge in [0.15, 0.2) is 0 Å². The number of rotatable bonds is 7. The largest absolute Gasteiger partial charge is 0.508 e. The number of phenols is 1. The fourth-order valence-corrected chi connectivity index (χ4v) is 6.91. The number of anilines is 2. The smallest absolute Gasteiger partial charge is 0.318 e. The molecule has 8 nitrogen and oxygen atoms in total. The molecule has 39 heavy (non-hydrogen) atoms. The molecule has 0 radical (unpaired) electrons. The van der Waals surface area contributed by atoms with E-state index in [2.05, 4.69) is 44.7 Å². The summed E-state index contributed by atoms with van der Waals surface area (Å²) in [4.78, 5) is 16.7. The van der Waals surface area contributed by atoms with Crippen LogP contribution in [0.5, 0.6) is 11.8 Å². The quantitative estimate of drug-likeness (QED) is 0.405. The van der Waals surface area contributed by atoms with Crippen molar-refractivity contribution >= 4 is 38.2 Å². The SMILES string of the molecule is CN(C)CC1(COc2nc3c(c(N4CCC[C@@](C)(O)C4)n2)CCN(c2cc(O)cc4cccc(Br)c24)C3)CC1. The summed E-state index contributed by atoms with van der Waals surface area (Å²) in [5, 5.41) is 23.5. The van der Waals surface area contributed by atoms with Crippen LogP contribution in [0.3, 0.4) is 0 Å². The number of nitrogens with zero attached hydrogens (tertiary/aromatic N) is 5. The van der Waals surface area contributed by atoms with Gasteiger partial charge in [-0.15, -0.1) is 0 Å². The van der Waals surface area contributed by atoms with Gasteiger partial charge in [0.05, 0.1) is 24.4 Å². The fourth-order valence-electron chi connectivity index (χ4n) is 6.33. The van der Waals surface area contributed by atoms with Crippen molar-refractivity contribution in [1.82, 2.24) is 14.9 Å². The lowest BCUT2D eigenvalue weighted by atomic mass is 9.94. The maximum Gasteiger partial charge on any atom is 0.318 e. The first-order valence-electron chi connectivity index (χ1n) is 13.9. The average molecular weight is 597 g/mol. The molecule has 0 spiro atoms. The predicted molar refractivity (Wildman–Crippen MR) is 158 cm³/mol. The molecule has 3 heterocycles. The average Bonchev–Trinajstić information content (AvgIpc) is 3.64. The molecule has 3 aromatic rings. The monoisotopic (exact) mass is 595 g/mol. The van der Waals surface area contributed by atoms with Crippen LogP contribution < -0.4 is 14.5 Å². The molecule has 3 aliphatic rings. The minimum Gasteiger partial charge on any atom is -0.508 e. The van der Waals surface area contributed by atoms with Gasteiger partial charge in [0.1, 0.15) is 11.6 Å². The van der Waals surface area contributed by atoms with Crippen molar-refractivity contribution in [2.45, 2.75) is 51.2 Å². The van der Waals surface area contributed by atoms with E-state index >= 15 is 0 Å². The third kappa shape index (κ3) is 5.54. The number of aromatic hydroxyl groups is 1. The third-order valence-electron chi connectivity index (χ3n) is 8.34. The molecule has 1 aromatic heterocycles. The molecule has 1 saturated heterocycles. The van der Waals surface area contributed by atoms with E-state index in [9.17, 15) is 10.2 Å². The van der Waals surface area contributed by atoms with E-state index in [0.717, 1.165) is 89.7 Å². The van der Waals surface area contributed by atoms with E-state index in [1.165, 1.54) is 0 Å². The molecular weight excluding hydrogens is 558 g/mol. The van der Waals surface area contributed by atoms with Crippen LogP contribution in [-0.4, -0.2) is 77.6 Å².